The van der Waals surface area contributed by atoms with Crippen LogP contribution in [0.1, 0.15) is 27.2 Å². The van der Waals surface area contributed by atoms with E-state index in [-0.39, 0.29) is 19.6 Å². The number of esters is 1. The van der Waals surface area contributed by atoms with Crippen molar-refractivity contribution in [2.75, 3.05) is 13.2 Å². The van der Waals surface area contributed by atoms with Crippen LogP contribution in [0.3, 0.4) is 0 Å². The number of carbonyl (C=O) groups is 2. The predicted molar refractivity (Wildman–Crippen MR) is 66.0 cm³/mol. The molecule has 1 unspecified atom stereocenters. The Bertz CT molecular complexity index is 295. The van der Waals surface area contributed by atoms with Crippen LogP contribution in [0.4, 0.5) is 4.79 Å². The van der Waals surface area contributed by atoms with E-state index in [1.165, 1.54) is 6.08 Å². The Morgan fingerprint density at radius 2 is 2.06 bits per heavy atom. The molecular weight excluding hydrogens is 238 g/mol. The highest BCUT2D eigenvalue weighted by Gasteiger charge is 2.21. The van der Waals surface area contributed by atoms with Crippen LogP contribution in [-0.2, 0) is 14.3 Å². The Morgan fingerprint density at radius 3 is 2.50 bits per heavy atom. The first-order chi connectivity index (χ1) is 8.28. The molecule has 0 heterocycles. The molecule has 0 aromatic carbocycles. The molecule has 0 saturated heterocycles. The van der Waals surface area contributed by atoms with Crippen molar-refractivity contribution in [3.8, 4) is 0 Å². The highest BCUT2D eigenvalue weighted by Crippen LogP contribution is 2.09. The van der Waals surface area contributed by atoms with Crippen LogP contribution in [0.2, 0.25) is 0 Å². The fraction of sp³-hybridized carbons (Fsp3) is 0.667. The van der Waals surface area contributed by atoms with Gasteiger partial charge in [-0.2, -0.15) is 0 Å². The van der Waals surface area contributed by atoms with Gasteiger partial charge in [-0.3, -0.25) is 4.79 Å². The lowest BCUT2D eigenvalue weighted by atomic mass is 10.2. The van der Waals surface area contributed by atoms with Crippen LogP contribution < -0.4 is 5.32 Å². The van der Waals surface area contributed by atoms with E-state index in [9.17, 15) is 9.59 Å². The molecule has 6 nitrogen and oxygen atoms in total. The van der Waals surface area contributed by atoms with Gasteiger partial charge in [0.1, 0.15) is 12.2 Å². The van der Waals surface area contributed by atoms with Crippen LogP contribution in [0.5, 0.6) is 0 Å². The average Bonchev–Trinajstić information content (AvgIpc) is 2.22. The second-order valence-corrected chi connectivity index (χ2v) is 4.70. The van der Waals surface area contributed by atoms with Gasteiger partial charge in [0.05, 0.1) is 19.1 Å². The number of ether oxygens (including phenoxy) is 2. The van der Waals surface area contributed by atoms with E-state index in [0.717, 1.165) is 0 Å². The minimum absolute atomic E-state index is 0.0659. The summed E-state index contributed by atoms with van der Waals surface area (Å²) in [6.45, 7) is 8.31. The number of aliphatic hydroxyl groups is 1. The van der Waals surface area contributed by atoms with E-state index in [0.29, 0.717) is 0 Å². The Labute approximate surface area is 107 Å². The van der Waals surface area contributed by atoms with Crippen molar-refractivity contribution in [1.82, 2.24) is 5.32 Å². The van der Waals surface area contributed by atoms with Crippen LogP contribution in [0.15, 0.2) is 12.7 Å². The summed E-state index contributed by atoms with van der Waals surface area (Å²) in [4.78, 5) is 22.7. The highest BCUT2D eigenvalue weighted by atomic mass is 16.6. The van der Waals surface area contributed by atoms with Gasteiger partial charge in [-0.15, -0.1) is 0 Å². The lowest BCUT2D eigenvalue weighted by molar-refractivity contribution is -0.155. The summed E-state index contributed by atoms with van der Waals surface area (Å²) in [5.41, 5.74) is -0.597. The number of hydrogen-bond donors (Lipinski definition) is 2. The van der Waals surface area contributed by atoms with E-state index >= 15 is 0 Å². The van der Waals surface area contributed by atoms with Gasteiger partial charge >= 0.3 is 12.1 Å². The van der Waals surface area contributed by atoms with Gasteiger partial charge in [0.25, 0.3) is 0 Å². The monoisotopic (exact) mass is 259 g/mol. The number of amides is 1. The Morgan fingerprint density at radius 1 is 1.44 bits per heavy atom. The second kappa shape index (κ2) is 7.71. The van der Waals surface area contributed by atoms with Crippen molar-refractivity contribution in [2.45, 2.75) is 38.8 Å². The van der Waals surface area contributed by atoms with E-state index in [1.54, 1.807) is 20.8 Å². The van der Waals surface area contributed by atoms with Gasteiger partial charge in [0.2, 0.25) is 0 Å². The van der Waals surface area contributed by atoms with Crippen molar-refractivity contribution in [3.05, 3.63) is 12.7 Å². The van der Waals surface area contributed by atoms with Gasteiger partial charge in [0.15, 0.2) is 0 Å². The first kappa shape index (κ1) is 16.4. The molecule has 0 rings (SSSR count). The maximum atomic E-state index is 11.5. The minimum Gasteiger partial charge on any atom is -0.460 e. The summed E-state index contributed by atoms with van der Waals surface area (Å²) in [6.07, 6.45) is 0.593. The van der Waals surface area contributed by atoms with E-state index in [4.69, 9.17) is 9.84 Å². The number of carbonyl (C=O) groups excluding carboxylic acids is 2. The molecule has 0 aliphatic carbocycles. The number of hydrogen-bond acceptors (Lipinski definition) is 5. The maximum absolute atomic E-state index is 11.5. The molecule has 6 heteroatoms. The molecule has 0 aliphatic heterocycles. The molecule has 0 bridgehead atoms. The predicted octanol–water partition coefficient (Wildman–Crippen LogP) is 0.991. The topological polar surface area (TPSA) is 84.9 Å². The van der Waals surface area contributed by atoms with E-state index in [2.05, 4.69) is 16.6 Å². The number of aliphatic hydroxyl groups excluding tert-OH is 1. The minimum atomic E-state index is -0.725. The van der Waals surface area contributed by atoms with Gasteiger partial charge in [-0.1, -0.05) is 12.7 Å². The van der Waals surface area contributed by atoms with Crippen molar-refractivity contribution in [2.24, 2.45) is 0 Å². The zero-order valence-corrected chi connectivity index (χ0v) is 11.1. The lowest BCUT2D eigenvalue weighted by Gasteiger charge is -2.21. The van der Waals surface area contributed by atoms with Gasteiger partial charge in [-0.05, 0) is 20.8 Å². The zero-order valence-electron chi connectivity index (χ0n) is 11.1. The molecular formula is C12H21NO5. The van der Waals surface area contributed by atoms with Gasteiger partial charge in [0, 0.05) is 0 Å². The quantitative estimate of drug-likeness (QED) is 0.549. The zero-order chi connectivity index (χ0) is 14.2. The van der Waals surface area contributed by atoms with Crippen LogP contribution in [0, 0.1) is 0 Å². The van der Waals surface area contributed by atoms with Crippen LogP contribution in [-0.4, -0.2) is 42.0 Å². The molecule has 1 atom stereocenters. The SMILES string of the molecule is C=CCOC(=O)NC(CO)CC(=O)OC(C)(C)C. The molecule has 0 radical (unpaired) electrons. The fourth-order valence-electron chi connectivity index (χ4n) is 1.09. The molecule has 1 amide bonds. The third-order valence-corrected chi connectivity index (χ3v) is 1.71. The third kappa shape index (κ3) is 8.58. The smallest absolute Gasteiger partial charge is 0.407 e. The lowest BCUT2D eigenvalue weighted by Crippen LogP contribution is -2.40. The van der Waals surface area contributed by atoms with Gasteiger partial charge < -0.3 is 19.9 Å². The van der Waals surface area contributed by atoms with Crippen LogP contribution >= 0.6 is 0 Å². The molecule has 0 aliphatic rings. The van der Waals surface area contributed by atoms with Gasteiger partial charge in [-0.25, -0.2) is 4.79 Å². The molecule has 0 spiro atoms. The molecule has 18 heavy (non-hydrogen) atoms. The van der Waals surface area contributed by atoms with Crippen molar-refractivity contribution in [3.63, 3.8) is 0 Å². The summed E-state index contributed by atoms with van der Waals surface area (Å²) in [5, 5.41) is 11.4. The Kier molecular flexibility index (Phi) is 7.04. The first-order valence-corrected chi connectivity index (χ1v) is 5.65. The number of rotatable bonds is 6. The summed E-state index contributed by atoms with van der Waals surface area (Å²) >= 11 is 0. The molecule has 0 saturated carbocycles. The maximum Gasteiger partial charge on any atom is 0.407 e. The number of nitrogens with one attached hydrogen (secondary N) is 1. The van der Waals surface area contributed by atoms with Crippen molar-refractivity contribution < 1.29 is 24.2 Å². The standard InChI is InChI=1S/C12H21NO5/c1-5-6-17-11(16)13-9(8-14)7-10(15)18-12(2,3)4/h5,9,14H,1,6-8H2,2-4H3,(H,13,16). The largest absolute Gasteiger partial charge is 0.460 e. The average molecular weight is 259 g/mol. The molecule has 104 valence electrons. The molecule has 0 aromatic rings. The van der Waals surface area contributed by atoms with E-state index < -0.39 is 23.7 Å². The highest BCUT2D eigenvalue weighted by molar-refractivity contribution is 5.73. The normalized spacial score (nSPS) is 12.4. The van der Waals surface area contributed by atoms with Crippen molar-refractivity contribution in [1.29, 1.82) is 0 Å². The second-order valence-electron chi connectivity index (χ2n) is 4.70. The Hall–Kier alpha value is -1.56. The third-order valence-electron chi connectivity index (χ3n) is 1.71. The number of alkyl carbamates (subject to hydrolysis) is 1. The molecule has 2 N–H and O–H groups in total. The summed E-state index contributed by atoms with van der Waals surface area (Å²) < 4.78 is 9.75. The Balaban J connectivity index is 4.14. The van der Waals surface area contributed by atoms with E-state index in [1.807, 2.05) is 0 Å². The fourth-order valence-corrected chi connectivity index (χ4v) is 1.09. The molecule has 0 aromatic heterocycles. The summed E-state index contributed by atoms with van der Waals surface area (Å²) in [6, 6.07) is -0.725. The summed E-state index contributed by atoms with van der Waals surface area (Å²) in [5.74, 6) is -0.495. The van der Waals surface area contributed by atoms with Crippen molar-refractivity contribution >= 4 is 12.1 Å². The molecule has 0 fully saturated rings. The van der Waals surface area contributed by atoms with Crippen LogP contribution in [0.25, 0.3) is 0 Å². The summed E-state index contributed by atoms with van der Waals surface area (Å²) in [7, 11) is 0. The first-order valence-electron chi connectivity index (χ1n) is 5.65.